The second kappa shape index (κ2) is 6.41. The number of carbonyl (C=O) groups is 1. The molecule has 3 nitrogen and oxygen atoms in total. The zero-order chi connectivity index (χ0) is 12.5. The van der Waals surface area contributed by atoms with Crippen LogP contribution in [0.1, 0.15) is 29.6 Å². The number of nitrogens with zero attached hydrogens (tertiary/aromatic N) is 1. The van der Waals surface area contributed by atoms with E-state index >= 15 is 0 Å². The third-order valence-electron chi connectivity index (χ3n) is 3.88. The molecule has 1 amide bonds. The van der Waals surface area contributed by atoms with E-state index in [0.717, 1.165) is 28.6 Å². The van der Waals surface area contributed by atoms with Crippen molar-refractivity contribution in [3.05, 3.63) is 33.4 Å². The summed E-state index contributed by atoms with van der Waals surface area (Å²) in [5.74, 6) is 0.183. The molecule has 1 N–H and O–H groups in total. The average Bonchev–Trinajstić information content (AvgIpc) is 2.68. The minimum atomic E-state index is 0. The third-order valence-corrected chi connectivity index (χ3v) is 4.55. The molecule has 0 aliphatic carbocycles. The van der Waals surface area contributed by atoms with Gasteiger partial charge in [-0.2, -0.15) is 0 Å². The van der Waals surface area contributed by atoms with Gasteiger partial charge in [0.1, 0.15) is 0 Å². The number of amides is 1. The van der Waals surface area contributed by atoms with Crippen molar-refractivity contribution in [2.75, 3.05) is 13.1 Å². The van der Waals surface area contributed by atoms with Crippen molar-refractivity contribution in [2.24, 2.45) is 0 Å². The lowest BCUT2D eigenvalue weighted by atomic mass is 10.1. The molecule has 0 saturated carbocycles. The minimum Gasteiger partial charge on any atom is -0.337 e. The van der Waals surface area contributed by atoms with Crippen LogP contribution in [0.3, 0.4) is 0 Å². The number of halogens is 2. The van der Waals surface area contributed by atoms with Crippen molar-refractivity contribution in [3.8, 4) is 0 Å². The maximum atomic E-state index is 12.5. The van der Waals surface area contributed by atoms with Crippen LogP contribution >= 0.6 is 35.0 Å². The highest BCUT2D eigenvalue weighted by molar-refractivity contribution is 14.1. The number of benzene rings is 1. The molecule has 2 fully saturated rings. The van der Waals surface area contributed by atoms with E-state index in [-0.39, 0.29) is 18.3 Å². The van der Waals surface area contributed by atoms with E-state index in [1.54, 1.807) is 0 Å². The zero-order valence-corrected chi connectivity index (χ0v) is 13.6. The van der Waals surface area contributed by atoms with Crippen molar-refractivity contribution >= 4 is 40.9 Å². The van der Waals surface area contributed by atoms with E-state index in [4.69, 9.17) is 0 Å². The fourth-order valence-electron chi connectivity index (χ4n) is 2.93. The summed E-state index contributed by atoms with van der Waals surface area (Å²) in [6.07, 6.45) is 3.57. The number of fused-ring (bicyclic) bond motifs is 2. The highest BCUT2D eigenvalue weighted by atomic mass is 127. The van der Waals surface area contributed by atoms with Crippen molar-refractivity contribution < 1.29 is 4.79 Å². The molecular formula is C14H18ClIN2O. The van der Waals surface area contributed by atoms with Gasteiger partial charge in [-0.05, 0) is 60.1 Å². The van der Waals surface area contributed by atoms with Crippen LogP contribution in [0, 0.1) is 3.57 Å². The molecule has 104 valence electrons. The van der Waals surface area contributed by atoms with Crippen LogP contribution in [0.15, 0.2) is 24.3 Å². The first kappa shape index (κ1) is 15.1. The van der Waals surface area contributed by atoms with Gasteiger partial charge in [-0.25, -0.2) is 0 Å². The Morgan fingerprint density at radius 1 is 1.26 bits per heavy atom. The van der Waals surface area contributed by atoms with Gasteiger partial charge in [-0.3, -0.25) is 4.79 Å². The van der Waals surface area contributed by atoms with E-state index in [1.165, 1.54) is 12.8 Å². The largest absolute Gasteiger partial charge is 0.337 e. The van der Waals surface area contributed by atoms with E-state index in [0.29, 0.717) is 12.1 Å². The summed E-state index contributed by atoms with van der Waals surface area (Å²) in [6.45, 7) is 1.75. The first-order valence-corrected chi connectivity index (χ1v) is 7.61. The van der Waals surface area contributed by atoms with Gasteiger partial charge >= 0.3 is 0 Å². The molecule has 5 heteroatoms. The maximum absolute atomic E-state index is 12.5. The summed E-state index contributed by atoms with van der Waals surface area (Å²) >= 11 is 2.25. The molecular weight excluding hydrogens is 375 g/mol. The van der Waals surface area contributed by atoms with Gasteiger partial charge in [0.05, 0.1) is 0 Å². The van der Waals surface area contributed by atoms with E-state index in [9.17, 15) is 4.79 Å². The molecule has 2 unspecified atom stereocenters. The molecule has 3 rings (SSSR count). The summed E-state index contributed by atoms with van der Waals surface area (Å²) in [5.41, 5.74) is 0.819. The summed E-state index contributed by atoms with van der Waals surface area (Å²) < 4.78 is 1.12. The van der Waals surface area contributed by atoms with E-state index in [2.05, 4.69) is 27.9 Å². The van der Waals surface area contributed by atoms with Crippen LogP contribution in [-0.2, 0) is 0 Å². The number of likely N-dealkylation sites (tertiary alicyclic amines) is 1. The lowest BCUT2D eigenvalue weighted by molar-refractivity contribution is 0.0748. The second-order valence-corrected chi connectivity index (χ2v) is 6.43. The Labute approximate surface area is 133 Å². The molecule has 1 aromatic carbocycles. The lowest BCUT2D eigenvalue weighted by Gasteiger charge is -2.24. The Kier molecular flexibility index (Phi) is 5.09. The van der Waals surface area contributed by atoms with Gasteiger partial charge in [0.2, 0.25) is 0 Å². The predicted octanol–water partition coefficient (Wildman–Crippen LogP) is 2.68. The SMILES string of the molecule is Cl.O=C(c1cccc(I)c1)N1CCC2CCC(C1)N2. The van der Waals surface area contributed by atoms with Gasteiger partial charge in [0.15, 0.2) is 0 Å². The fraction of sp³-hybridized carbons (Fsp3) is 0.500. The summed E-state index contributed by atoms with van der Waals surface area (Å²) in [6, 6.07) is 8.99. The number of nitrogens with one attached hydrogen (secondary N) is 1. The van der Waals surface area contributed by atoms with Gasteiger partial charge in [0, 0.05) is 34.3 Å². The maximum Gasteiger partial charge on any atom is 0.253 e. The molecule has 2 aliphatic heterocycles. The Hall–Kier alpha value is -0.330. The fourth-order valence-corrected chi connectivity index (χ4v) is 3.47. The predicted molar refractivity (Wildman–Crippen MR) is 86.9 cm³/mol. The van der Waals surface area contributed by atoms with Crippen LogP contribution in [0.25, 0.3) is 0 Å². The number of carbonyl (C=O) groups excluding carboxylic acids is 1. The second-order valence-electron chi connectivity index (χ2n) is 5.19. The zero-order valence-electron chi connectivity index (χ0n) is 10.6. The van der Waals surface area contributed by atoms with Crippen molar-refractivity contribution in [2.45, 2.75) is 31.3 Å². The van der Waals surface area contributed by atoms with Crippen LogP contribution in [0.5, 0.6) is 0 Å². The smallest absolute Gasteiger partial charge is 0.253 e. The van der Waals surface area contributed by atoms with Gasteiger partial charge < -0.3 is 10.2 Å². The van der Waals surface area contributed by atoms with Gasteiger partial charge in [-0.15, -0.1) is 12.4 Å². The monoisotopic (exact) mass is 392 g/mol. The van der Waals surface area contributed by atoms with Crippen LogP contribution in [-0.4, -0.2) is 36.0 Å². The summed E-state index contributed by atoms with van der Waals surface area (Å²) in [7, 11) is 0. The number of hydrogen-bond donors (Lipinski definition) is 1. The molecule has 2 atom stereocenters. The molecule has 2 aliphatic rings. The lowest BCUT2D eigenvalue weighted by Crippen LogP contribution is -2.39. The standard InChI is InChI=1S/C14H17IN2O.ClH/c15-11-3-1-2-10(8-11)14(18)17-7-6-12-4-5-13(9-17)16-12;/h1-3,8,12-13,16H,4-7,9H2;1H. The van der Waals surface area contributed by atoms with Gasteiger partial charge in [0.25, 0.3) is 5.91 Å². The number of hydrogen-bond acceptors (Lipinski definition) is 2. The van der Waals surface area contributed by atoms with E-state index in [1.807, 2.05) is 29.2 Å². The first-order chi connectivity index (χ1) is 8.72. The summed E-state index contributed by atoms with van der Waals surface area (Å²) in [4.78, 5) is 14.5. The third kappa shape index (κ3) is 3.41. The molecule has 2 bridgehead atoms. The highest BCUT2D eigenvalue weighted by Gasteiger charge is 2.31. The summed E-state index contributed by atoms with van der Waals surface area (Å²) in [5, 5.41) is 3.61. The Morgan fingerprint density at radius 3 is 2.84 bits per heavy atom. The Bertz CT molecular complexity index is 469. The van der Waals surface area contributed by atoms with Crippen LogP contribution in [0.4, 0.5) is 0 Å². The van der Waals surface area contributed by atoms with Crippen molar-refractivity contribution in [1.82, 2.24) is 10.2 Å². The Morgan fingerprint density at radius 2 is 2.05 bits per heavy atom. The van der Waals surface area contributed by atoms with Crippen molar-refractivity contribution in [3.63, 3.8) is 0 Å². The van der Waals surface area contributed by atoms with Crippen LogP contribution in [0.2, 0.25) is 0 Å². The molecule has 0 radical (unpaired) electrons. The normalized spacial score (nSPS) is 25.6. The molecule has 0 spiro atoms. The van der Waals surface area contributed by atoms with Crippen molar-refractivity contribution in [1.29, 1.82) is 0 Å². The topological polar surface area (TPSA) is 32.3 Å². The average molecular weight is 393 g/mol. The molecule has 0 aromatic heterocycles. The Balaban J connectivity index is 0.00000133. The minimum absolute atomic E-state index is 0. The quantitative estimate of drug-likeness (QED) is 0.745. The highest BCUT2D eigenvalue weighted by Crippen LogP contribution is 2.21. The molecule has 2 saturated heterocycles. The van der Waals surface area contributed by atoms with Crippen LogP contribution < -0.4 is 5.32 Å². The van der Waals surface area contributed by atoms with E-state index < -0.39 is 0 Å². The molecule has 19 heavy (non-hydrogen) atoms. The molecule has 2 heterocycles. The van der Waals surface area contributed by atoms with Gasteiger partial charge in [-0.1, -0.05) is 6.07 Å². The molecule has 1 aromatic rings. The first-order valence-electron chi connectivity index (χ1n) is 6.53. The number of rotatable bonds is 1.